The lowest BCUT2D eigenvalue weighted by atomic mass is 9.92. The summed E-state index contributed by atoms with van der Waals surface area (Å²) in [5.74, 6) is 4.53. The lowest BCUT2D eigenvalue weighted by molar-refractivity contribution is 0.0884. The molecule has 0 radical (unpaired) electrons. The molecule has 8 fully saturated rings. The highest BCUT2D eigenvalue weighted by molar-refractivity contribution is 5.94. The van der Waals surface area contributed by atoms with E-state index < -0.39 is 0 Å². The second kappa shape index (κ2) is 43.5. The molecule has 672 valence electrons. The zero-order chi connectivity index (χ0) is 88.8. The summed E-state index contributed by atoms with van der Waals surface area (Å²) in [5.41, 5.74) is 14.7. The first-order valence-electron chi connectivity index (χ1n) is 45.3. The summed E-state index contributed by atoms with van der Waals surface area (Å²) in [7, 11) is 0. The van der Waals surface area contributed by atoms with Crippen LogP contribution in [0, 0.1) is 36.5 Å². The van der Waals surface area contributed by atoms with Crippen molar-refractivity contribution in [1.29, 1.82) is 10.5 Å². The van der Waals surface area contributed by atoms with Gasteiger partial charge in [-0.3, -0.25) is 29.5 Å². The molecule has 34 heteroatoms. The van der Waals surface area contributed by atoms with Crippen molar-refractivity contribution < 1.29 is 47.5 Å². The standard InChI is InChI=1S/2C25H28N6O2.2C23H26N6O3/c1-17-18(16-26)2-7-24(29-17)30-19-3-5-21(6-4-19)33-23-15-20(31-10-12-32-13-11-31)14-22-25(23)28-9-8-27-22;1-17-12-18(15-26)16-29-25(17)30-19-2-4-21(5-3-19)33-23-14-20(31-8-10-32-11-9-31)13-22-24(23)28-7-6-27-22;30-23(16-13-24-15-25-14-16)28-17-1-3-19(4-2-17)32-21-12-18(29-7-9-31-10-8-29)11-20-22(21)27-6-5-26-20;30-23(19-2-1-7-26-28-19)27-16-3-5-18(6-4-16)32-21-15-17(29-10-12-31-13-11-29)14-20-22(21)25-9-8-24-20/h2,7-9,14-15,19,21H,3-6,10-13H2,1H3,(H,29,30);6-7,12-14,16,19,21H,2-5,8-11H2,1H3,(H,29,30);5-6,11-15,17,19H,1-4,7-10H2,(H,28,30);1-2,7-9,14-16,18H,3-6,10-13H2,(H,27,30). The van der Waals surface area contributed by atoms with Crippen LogP contribution in [0.15, 0.2) is 160 Å². The number of amides is 2. The molecular weight excluding hydrogens is 1650 g/mol. The Labute approximate surface area is 754 Å². The van der Waals surface area contributed by atoms with E-state index in [0.29, 0.717) is 34.5 Å². The van der Waals surface area contributed by atoms with E-state index in [2.05, 4.69) is 172 Å². The Morgan fingerprint density at radius 3 is 1.12 bits per heavy atom. The molecule has 0 atom stereocenters. The number of carbonyl (C=O) groups is 2. The van der Waals surface area contributed by atoms with Crippen molar-refractivity contribution in [2.45, 2.75) is 165 Å². The number of hydrogen-bond acceptors (Lipinski definition) is 32. The summed E-state index contributed by atoms with van der Waals surface area (Å²) in [6.45, 7) is 16.5. The fourth-order valence-electron chi connectivity index (χ4n) is 17.8. The van der Waals surface area contributed by atoms with Crippen LogP contribution in [0.25, 0.3) is 44.1 Å². The van der Waals surface area contributed by atoms with Gasteiger partial charge in [0.25, 0.3) is 11.8 Å². The van der Waals surface area contributed by atoms with Crippen LogP contribution in [0.5, 0.6) is 23.0 Å². The number of aromatic nitrogens is 14. The van der Waals surface area contributed by atoms with Crippen molar-refractivity contribution in [3.05, 3.63) is 193 Å². The Morgan fingerprint density at radius 2 is 0.769 bits per heavy atom. The van der Waals surface area contributed by atoms with Gasteiger partial charge in [-0.15, -0.1) is 5.10 Å². The van der Waals surface area contributed by atoms with E-state index in [0.717, 1.165) is 321 Å². The molecule has 130 heavy (non-hydrogen) atoms. The zero-order valence-electron chi connectivity index (χ0n) is 73.3. The van der Waals surface area contributed by atoms with E-state index in [-0.39, 0.29) is 48.3 Å². The molecule has 4 aliphatic carbocycles. The van der Waals surface area contributed by atoms with Crippen molar-refractivity contribution in [1.82, 2.24) is 80.6 Å². The highest BCUT2D eigenvalue weighted by atomic mass is 16.5. The Morgan fingerprint density at radius 1 is 0.400 bits per heavy atom. The number of nitriles is 2. The lowest BCUT2D eigenvalue weighted by Crippen LogP contribution is -2.40. The average Bonchev–Trinajstić information content (AvgIpc) is 0.803. The van der Waals surface area contributed by atoms with Crippen molar-refractivity contribution >= 4 is 90.3 Å². The van der Waals surface area contributed by atoms with Crippen LogP contribution in [-0.4, -0.2) is 236 Å². The van der Waals surface area contributed by atoms with Gasteiger partial charge in [-0.2, -0.15) is 15.6 Å². The third kappa shape index (κ3) is 23.1. The molecule has 8 aromatic heterocycles. The fraction of sp³-hybridized carbons (Fsp3) is 0.438. The van der Waals surface area contributed by atoms with Crippen molar-refractivity contribution in [2.24, 2.45) is 0 Å². The number of rotatable bonds is 20. The van der Waals surface area contributed by atoms with Crippen LogP contribution in [0.3, 0.4) is 0 Å². The van der Waals surface area contributed by atoms with Gasteiger partial charge in [0, 0.05) is 198 Å². The summed E-state index contributed by atoms with van der Waals surface area (Å²) in [6, 6.07) is 30.9. The number of nitrogens with one attached hydrogen (secondary N) is 4. The first-order chi connectivity index (χ1) is 63.9. The molecule has 0 spiro atoms. The molecule has 0 unspecified atom stereocenters. The molecular formula is C96H108N24O10. The molecule has 12 aromatic rings. The van der Waals surface area contributed by atoms with Gasteiger partial charge in [0.15, 0.2) is 5.69 Å². The van der Waals surface area contributed by atoms with Crippen LogP contribution in [-0.2, 0) is 18.9 Å². The van der Waals surface area contributed by atoms with Gasteiger partial charge in [-0.05, 0) is 177 Å². The van der Waals surface area contributed by atoms with Gasteiger partial charge < -0.3 is 78.8 Å². The van der Waals surface area contributed by atoms with Gasteiger partial charge in [0.1, 0.15) is 75.2 Å². The molecule has 0 bridgehead atoms. The fourth-order valence-corrected chi connectivity index (χ4v) is 17.8. The third-order valence-corrected chi connectivity index (χ3v) is 24.9. The molecule has 4 saturated heterocycles. The lowest BCUT2D eigenvalue weighted by Gasteiger charge is -2.31. The quantitative estimate of drug-likeness (QED) is 0.0550. The summed E-state index contributed by atoms with van der Waals surface area (Å²) in [5, 5.41) is 39.0. The van der Waals surface area contributed by atoms with E-state index >= 15 is 0 Å². The van der Waals surface area contributed by atoms with E-state index in [9.17, 15) is 9.59 Å². The minimum Gasteiger partial charge on any atom is -0.488 e. The first-order valence-corrected chi connectivity index (χ1v) is 45.3. The minimum absolute atomic E-state index is 0.0739. The molecule has 34 nitrogen and oxygen atoms in total. The number of pyridine rings is 2. The maximum absolute atomic E-state index is 12.4. The maximum Gasteiger partial charge on any atom is 0.272 e. The topological polar surface area (TPSA) is 397 Å². The molecule has 4 saturated carbocycles. The van der Waals surface area contributed by atoms with E-state index in [1.807, 2.05) is 32.0 Å². The summed E-state index contributed by atoms with van der Waals surface area (Å²) < 4.78 is 47.9. The van der Waals surface area contributed by atoms with Gasteiger partial charge in [0.2, 0.25) is 0 Å². The van der Waals surface area contributed by atoms with Crippen LogP contribution in [0.2, 0.25) is 0 Å². The molecule has 12 heterocycles. The average molecular weight is 1760 g/mol. The number of anilines is 6. The molecule has 20 rings (SSSR count). The smallest absolute Gasteiger partial charge is 0.272 e. The second-order valence-electron chi connectivity index (χ2n) is 33.6. The Kier molecular flexibility index (Phi) is 29.6. The molecule has 4 N–H and O–H groups in total. The predicted octanol–water partition coefficient (Wildman–Crippen LogP) is 12.4. The number of nitrogens with zero attached hydrogens (tertiary/aromatic N) is 20. The van der Waals surface area contributed by atoms with E-state index in [1.165, 1.54) is 18.7 Å². The van der Waals surface area contributed by atoms with Crippen molar-refractivity contribution in [3.8, 4) is 35.1 Å². The summed E-state index contributed by atoms with van der Waals surface area (Å²) in [6.07, 6.45) is 36.5. The normalized spacial score (nSPS) is 21.1. The van der Waals surface area contributed by atoms with Crippen molar-refractivity contribution in [2.75, 3.05) is 135 Å². The molecule has 4 aliphatic heterocycles. The molecule has 8 aliphatic rings. The number of aryl methyl sites for hydroxylation is 2. The van der Waals surface area contributed by atoms with Gasteiger partial charge in [0.05, 0.1) is 122 Å². The number of benzene rings is 4. The Balaban J connectivity index is 0.000000121. The summed E-state index contributed by atoms with van der Waals surface area (Å²) >= 11 is 0. The number of carbonyl (C=O) groups excluding carboxylic acids is 2. The van der Waals surface area contributed by atoms with Gasteiger partial charge >= 0.3 is 0 Å². The SMILES string of the molecule is Cc1cc(C#N)cnc1NC1CCC(Oc2cc(N3CCOCC3)cc3nccnc23)CC1.Cc1nc(NC2CCC(Oc3cc(N4CCOCC4)cc4nccnc34)CC2)ccc1C#N.O=C(NC1CCC(Oc2cc(N3CCOCC3)cc3nccnc23)CC1)c1cccnn1.O=C(NC1CCC(Oc2cc(N3CCOCC3)cc3nccnc23)CC1)c1cncnc1. The molecule has 2 amide bonds. The minimum atomic E-state index is -0.179. The third-order valence-electron chi connectivity index (χ3n) is 24.9. The highest BCUT2D eigenvalue weighted by Crippen LogP contribution is 2.39. The maximum atomic E-state index is 12.4. The monoisotopic (exact) mass is 1760 g/mol. The largest absolute Gasteiger partial charge is 0.488 e. The number of hydrogen-bond donors (Lipinski definition) is 4. The first kappa shape index (κ1) is 88.5. The summed E-state index contributed by atoms with van der Waals surface area (Å²) in [4.78, 5) is 86.9. The van der Waals surface area contributed by atoms with E-state index in [4.69, 9.17) is 48.4 Å². The zero-order valence-corrected chi connectivity index (χ0v) is 73.3. The number of morpholine rings is 4. The van der Waals surface area contributed by atoms with Crippen LogP contribution in [0.4, 0.5) is 34.4 Å². The van der Waals surface area contributed by atoms with Gasteiger partial charge in [-0.25, -0.2) is 39.9 Å². The van der Waals surface area contributed by atoms with Crippen LogP contribution >= 0.6 is 0 Å². The van der Waals surface area contributed by atoms with Crippen LogP contribution < -0.4 is 59.8 Å². The van der Waals surface area contributed by atoms with Crippen molar-refractivity contribution in [3.63, 3.8) is 0 Å². The second-order valence-corrected chi connectivity index (χ2v) is 33.6. The number of fused-ring (bicyclic) bond motifs is 4. The predicted molar refractivity (Wildman–Crippen MR) is 491 cm³/mol. The Bertz CT molecular complexity index is 5720. The highest BCUT2D eigenvalue weighted by Gasteiger charge is 2.32. The number of ether oxygens (including phenoxy) is 8. The molecule has 4 aromatic carbocycles. The Hall–Kier alpha value is -13.5. The van der Waals surface area contributed by atoms with Crippen LogP contribution in [0.1, 0.15) is 146 Å². The van der Waals surface area contributed by atoms with E-state index in [1.54, 1.807) is 74.1 Å². The van der Waals surface area contributed by atoms with Gasteiger partial charge in [-0.1, -0.05) is 0 Å².